The summed E-state index contributed by atoms with van der Waals surface area (Å²) in [7, 11) is 0. The number of aliphatic imine (C=N–C) groups is 1. The largest absolute Gasteiger partial charge is 2.00 e. The first-order valence-corrected chi connectivity index (χ1v) is 11.4. The molecule has 1 N–H and O–H groups in total. The molecule has 1 aliphatic rings. The summed E-state index contributed by atoms with van der Waals surface area (Å²) in [6, 6.07) is 14.4. The summed E-state index contributed by atoms with van der Waals surface area (Å²) in [6.45, 7) is 7.78. The van der Waals surface area contributed by atoms with E-state index in [0.29, 0.717) is 29.6 Å². The van der Waals surface area contributed by atoms with Crippen LogP contribution in [0, 0.1) is 43.4 Å². The molecule has 1 saturated carbocycles. The minimum absolute atomic E-state index is 0. The van der Waals surface area contributed by atoms with E-state index in [1.807, 2.05) is 30.3 Å². The Morgan fingerprint density at radius 3 is 2.46 bits per heavy atom. The van der Waals surface area contributed by atoms with E-state index in [9.17, 15) is 5.11 Å². The van der Waals surface area contributed by atoms with Crippen molar-refractivity contribution in [2.24, 2.45) is 10.9 Å². The van der Waals surface area contributed by atoms with Crippen LogP contribution >= 0.6 is 11.6 Å². The zero-order chi connectivity index (χ0) is 23.6. The molecule has 0 saturated heterocycles. The van der Waals surface area contributed by atoms with Crippen LogP contribution in [0.15, 0.2) is 59.7 Å². The number of benzene rings is 2. The van der Waals surface area contributed by atoms with Crippen LogP contribution in [-0.4, -0.2) is 24.3 Å². The van der Waals surface area contributed by atoms with E-state index in [2.05, 4.69) is 61.7 Å². The quantitative estimate of drug-likeness (QED) is 0.271. The van der Waals surface area contributed by atoms with Crippen molar-refractivity contribution in [1.29, 1.82) is 0 Å². The third-order valence-electron chi connectivity index (χ3n) is 5.15. The number of fused-ring (bicyclic) bond motifs is 1. The molecular weight excluding hydrogens is 566 g/mol. The normalized spacial score (nSPS) is 14.2. The molecule has 4 nitrogen and oxygen atoms in total. The van der Waals surface area contributed by atoms with E-state index < -0.39 is 0 Å². The van der Waals surface area contributed by atoms with Gasteiger partial charge < -0.3 is 22.8 Å². The maximum Gasteiger partial charge on any atom is 2.00 e. The van der Waals surface area contributed by atoms with Gasteiger partial charge in [-0.15, -0.1) is 5.75 Å². The maximum atomic E-state index is 11.6. The second-order valence-corrected chi connectivity index (χ2v) is 8.52. The van der Waals surface area contributed by atoms with Crippen LogP contribution in [0.2, 0.25) is 5.02 Å². The van der Waals surface area contributed by atoms with Crippen LogP contribution in [0.5, 0.6) is 5.75 Å². The summed E-state index contributed by atoms with van der Waals surface area (Å²) in [5.74, 6) is 3.40. The Morgan fingerprint density at radius 2 is 1.77 bits per heavy atom. The summed E-state index contributed by atoms with van der Waals surface area (Å²) in [4.78, 5) is 8.60. The van der Waals surface area contributed by atoms with Crippen molar-refractivity contribution < 1.29 is 37.0 Å². The first kappa shape index (κ1) is 31.4. The summed E-state index contributed by atoms with van der Waals surface area (Å²) in [5, 5.41) is 16.6. The number of nitrogens with zero attached hydrogens (tertiary/aromatic N) is 2. The van der Waals surface area contributed by atoms with E-state index in [4.69, 9.17) is 11.6 Å². The second-order valence-electron chi connectivity index (χ2n) is 8.09. The summed E-state index contributed by atoms with van der Waals surface area (Å²) >= 11 is 5.98. The number of nitrogens with one attached hydrogen (secondary N) is 1. The Bertz CT molecular complexity index is 1050. The molecule has 3 aromatic rings. The Hall–Kier alpha value is -1.68. The first-order valence-electron chi connectivity index (χ1n) is 11.0. The molecule has 0 unspecified atom stereocenters. The van der Waals surface area contributed by atoms with Crippen molar-refractivity contribution in [3.05, 3.63) is 103 Å². The fourth-order valence-electron chi connectivity index (χ4n) is 3.23. The van der Waals surface area contributed by atoms with E-state index in [0.717, 1.165) is 16.6 Å². The average Bonchev–Trinajstić information content (AvgIpc) is 2.80. The van der Waals surface area contributed by atoms with Gasteiger partial charge in [0.1, 0.15) is 0 Å². The first-order chi connectivity index (χ1) is 15.9. The molecule has 0 spiro atoms. The molecule has 1 aromatic heterocycles. The molecule has 4 rings (SSSR count). The molecule has 0 amide bonds. The van der Waals surface area contributed by atoms with Crippen LogP contribution in [0.25, 0.3) is 10.9 Å². The fraction of sp³-hybridized carbons (Fsp3) is 0.214. The van der Waals surface area contributed by atoms with Gasteiger partial charge in [0.2, 0.25) is 0 Å². The third kappa shape index (κ3) is 10.1. The number of rotatable bonds is 6. The van der Waals surface area contributed by atoms with Crippen molar-refractivity contribution in [2.75, 3.05) is 18.4 Å². The summed E-state index contributed by atoms with van der Waals surface area (Å²) in [6.07, 6.45) is 12.1. The molecule has 184 valence electrons. The Balaban J connectivity index is 0.000000435. The second kappa shape index (κ2) is 16.1. The van der Waals surface area contributed by atoms with Gasteiger partial charge in [-0.05, 0) is 73.3 Å². The van der Waals surface area contributed by atoms with Crippen molar-refractivity contribution in [3.8, 4) is 5.75 Å². The van der Waals surface area contributed by atoms with Gasteiger partial charge in [0.05, 0.1) is 12.1 Å². The van der Waals surface area contributed by atoms with Gasteiger partial charge in [0.25, 0.3) is 0 Å². The number of hydrogen-bond donors (Lipinski definition) is 1. The number of para-hydroxylation sites is 1. The van der Waals surface area contributed by atoms with Crippen molar-refractivity contribution in [1.82, 2.24) is 4.98 Å². The molecule has 0 bridgehead atoms. The number of hydrogen-bond acceptors (Lipinski definition) is 4. The zero-order valence-electron chi connectivity index (χ0n) is 20.0. The van der Waals surface area contributed by atoms with Crippen molar-refractivity contribution >= 4 is 34.4 Å². The number of aromatic nitrogens is 1. The third-order valence-corrected chi connectivity index (χ3v) is 5.39. The van der Waals surface area contributed by atoms with Crippen LogP contribution in [-0.2, 0) is 19.5 Å². The Kier molecular flexibility index (Phi) is 14.5. The predicted octanol–water partition coefficient (Wildman–Crippen LogP) is 3.14. The molecule has 0 aliphatic heterocycles. The summed E-state index contributed by atoms with van der Waals surface area (Å²) in [5.41, 5.74) is 2.45. The minimum Gasteiger partial charge on any atom is -1.00 e. The molecule has 35 heavy (non-hydrogen) atoms. The van der Waals surface area contributed by atoms with Gasteiger partial charge >= 0.3 is 19.5 Å². The van der Waals surface area contributed by atoms with E-state index in [1.165, 1.54) is 17.9 Å². The number of halogens is 2. The van der Waals surface area contributed by atoms with Crippen LogP contribution in [0.4, 0.5) is 5.69 Å². The van der Waals surface area contributed by atoms with Gasteiger partial charge in [-0.3, -0.25) is 9.98 Å². The smallest absolute Gasteiger partial charge is 1.00 e. The van der Waals surface area contributed by atoms with Crippen LogP contribution in [0.1, 0.15) is 26.3 Å². The van der Waals surface area contributed by atoms with E-state index >= 15 is 0 Å². The van der Waals surface area contributed by atoms with Gasteiger partial charge in [-0.1, -0.05) is 56.6 Å². The van der Waals surface area contributed by atoms with Crippen molar-refractivity contribution in [3.63, 3.8) is 0 Å². The molecule has 1 heterocycles. The standard InChI is InChI=1S/C18H16ClN3O.C10H14.ClH.Ru/c19-14-5-6-15-16(7-8-21-17(15)11-14)22-10-9-20-12-13-3-1-2-4-18(13)23;1-8(2)10-6-4-9(3)5-7-10;;/h1-8,11-12,23H,9-10H2,(H,21,22);4-8H,1-3H3;1H;/q;;;+2/p-2. The fourth-order valence-corrected chi connectivity index (χ4v) is 3.40. The molecule has 0 atom stereocenters. The minimum atomic E-state index is -0.0128. The average molecular weight is 596 g/mol. The zero-order valence-corrected chi connectivity index (χ0v) is 23.2. The van der Waals surface area contributed by atoms with Gasteiger partial charge in [0, 0.05) is 35.1 Å². The SMILES string of the molecule is C[C]1[CH][CH][C](C(C)C)[CH][CH]1.[Cl-].[O-]c1ccccc1C=NCCNc1ccnc2cc(Cl)ccc12.[Ru+2]. The van der Waals surface area contributed by atoms with Gasteiger partial charge in [-0.2, -0.15) is 0 Å². The monoisotopic (exact) mass is 595 g/mol. The Labute approximate surface area is 234 Å². The van der Waals surface area contributed by atoms with Crippen LogP contribution < -0.4 is 22.8 Å². The number of pyridine rings is 1. The van der Waals surface area contributed by atoms with Crippen molar-refractivity contribution in [2.45, 2.75) is 20.8 Å². The van der Waals surface area contributed by atoms with E-state index in [-0.39, 0.29) is 37.6 Å². The topological polar surface area (TPSA) is 60.3 Å². The molecule has 6 radical (unpaired) electrons. The Morgan fingerprint density at radius 1 is 1.06 bits per heavy atom. The molecule has 7 heteroatoms. The molecule has 2 aromatic carbocycles. The summed E-state index contributed by atoms with van der Waals surface area (Å²) < 4.78 is 0. The van der Waals surface area contributed by atoms with Gasteiger partial charge in [0.15, 0.2) is 0 Å². The predicted molar refractivity (Wildman–Crippen MR) is 138 cm³/mol. The molecule has 1 fully saturated rings. The molecule has 1 aliphatic carbocycles. The van der Waals surface area contributed by atoms with E-state index in [1.54, 1.807) is 24.5 Å². The number of anilines is 1. The van der Waals surface area contributed by atoms with Crippen LogP contribution in [0.3, 0.4) is 0 Å². The van der Waals surface area contributed by atoms with Gasteiger partial charge in [-0.25, -0.2) is 0 Å². The molecular formula is C28H29Cl2N3ORu. The maximum absolute atomic E-state index is 11.6.